The number of nitrogens with one attached hydrogen (secondary N) is 2. The highest BCUT2D eigenvalue weighted by Gasteiger charge is 2.72. The first-order chi connectivity index (χ1) is 17.0. The number of anilines is 1. The Bertz CT molecular complexity index is 1030. The van der Waals surface area contributed by atoms with Crippen LogP contribution >= 0.6 is 11.8 Å². The molecule has 0 unspecified atom stereocenters. The molecule has 3 aliphatic heterocycles. The molecule has 188 valence electrons. The van der Waals surface area contributed by atoms with E-state index in [4.69, 9.17) is 9.47 Å². The topological polar surface area (TPSA) is 97.0 Å². The van der Waals surface area contributed by atoms with E-state index in [1.54, 1.807) is 23.8 Å². The number of hydrogen-bond acceptors (Lipinski definition) is 6. The third-order valence-corrected chi connectivity index (χ3v) is 8.48. The summed E-state index contributed by atoms with van der Waals surface area (Å²) in [6.45, 7) is 0.565. The molecule has 3 amide bonds. The van der Waals surface area contributed by atoms with Crippen molar-refractivity contribution in [1.82, 2.24) is 10.2 Å². The van der Waals surface area contributed by atoms with E-state index in [9.17, 15) is 14.4 Å². The monoisotopic (exact) mass is 499 g/mol. The molecule has 3 fully saturated rings. The van der Waals surface area contributed by atoms with Crippen LogP contribution < -0.4 is 10.6 Å². The van der Waals surface area contributed by atoms with Gasteiger partial charge < -0.3 is 25.0 Å². The summed E-state index contributed by atoms with van der Waals surface area (Å²) in [6, 6.07) is 6.89. The Kier molecular flexibility index (Phi) is 6.92. The van der Waals surface area contributed by atoms with Crippen LogP contribution in [0.4, 0.5) is 5.69 Å². The number of ether oxygens (including phenoxy) is 2. The zero-order chi connectivity index (χ0) is 24.6. The van der Waals surface area contributed by atoms with Gasteiger partial charge in [0.1, 0.15) is 11.6 Å². The van der Waals surface area contributed by atoms with E-state index in [1.165, 1.54) is 6.42 Å². The van der Waals surface area contributed by atoms with Crippen molar-refractivity contribution in [3.8, 4) is 0 Å². The maximum atomic E-state index is 13.7. The summed E-state index contributed by atoms with van der Waals surface area (Å²) >= 11 is 1.59. The second-order valence-electron chi connectivity index (χ2n) is 9.79. The molecule has 2 bridgehead atoms. The quantitative estimate of drug-likeness (QED) is 0.422. The van der Waals surface area contributed by atoms with Crippen LogP contribution in [-0.4, -0.2) is 72.9 Å². The lowest BCUT2D eigenvalue weighted by Crippen LogP contribution is -2.57. The third kappa shape index (κ3) is 4.27. The predicted molar refractivity (Wildman–Crippen MR) is 133 cm³/mol. The molecule has 1 aliphatic carbocycles. The normalized spacial score (nSPS) is 31.6. The summed E-state index contributed by atoms with van der Waals surface area (Å²) < 4.78 is 11.6. The second-order valence-corrected chi connectivity index (χ2v) is 10.7. The maximum Gasteiger partial charge on any atom is 0.246 e. The summed E-state index contributed by atoms with van der Waals surface area (Å²) in [5.74, 6) is -2.15. The summed E-state index contributed by atoms with van der Waals surface area (Å²) in [4.78, 5) is 43.4. The van der Waals surface area contributed by atoms with Gasteiger partial charge in [-0.15, -0.1) is 11.8 Å². The number of rotatable bonds is 8. The summed E-state index contributed by atoms with van der Waals surface area (Å²) in [6.07, 6.45) is 10.4. The first-order valence-electron chi connectivity index (χ1n) is 12.4. The number of amides is 3. The van der Waals surface area contributed by atoms with Crippen molar-refractivity contribution in [3.63, 3.8) is 0 Å². The Morgan fingerprint density at radius 3 is 2.77 bits per heavy atom. The van der Waals surface area contributed by atoms with Gasteiger partial charge in [-0.25, -0.2) is 0 Å². The zero-order valence-corrected chi connectivity index (χ0v) is 21.0. The highest BCUT2D eigenvalue weighted by atomic mass is 32.2. The van der Waals surface area contributed by atoms with Gasteiger partial charge in [-0.2, -0.15) is 0 Å². The van der Waals surface area contributed by atoms with Crippen molar-refractivity contribution < 1.29 is 23.9 Å². The van der Waals surface area contributed by atoms with Gasteiger partial charge in [0.15, 0.2) is 0 Å². The van der Waals surface area contributed by atoms with Crippen LogP contribution in [-0.2, 0) is 23.9 Å². The number of nitrogens with zero attached hydrogens (tertiary/aromatic N) is 1. The van der Waals surface area contributed by atoms with Gasteiger partial charge >= 0.3 is 0 Å². The molecule has 3 heterocycles. The van der Waals surface area contributed by atoms with Crippen LogP contribution in [0.25, 0.3) is 0 Å². The minimum atomic E-state index is -1.14. The minimum Gasteiger partial charge on any atom is -0.383 e. The molecule has 9 heteroatoms. The van der Waals surface area contributed by atoms with Crippen LogP contribution in [0.2, 0.25) is 0 Å². The van der Waals surface area contributed by atoms with E-state index < -0.39 is 29.6 Å². The largest absolute Gasteiger partial charge is 0.383 e. The lowest BCUT2D eigenvalue weighted by atomic mass is 9.74. The fourth-order valence-electron chi connectivity index (χ4n) is 6.15. The second kappa shape index (κ2) is 9.95. The van der Waals surface area contributed by atoms with E-state index in [-0.39, 0.29) is 30.3 Å². The Labute approximate surface area is 210 Å². The number of carbonyl (C=O) groups excluding carboxylic acids is 3. The smallest absolute Gasteiger partial charge is 0.246 e. The van der Waals surface area contributed by atoms with Crippen LogP contribution in [0.15, 0.2) is 41.3 Å². The van der Waals surface area contributed by atoms with Crippen LogP contribution in [0, 0.1) is 11.8 Å². The predicted octanol–water partition coefficient (Wildman–Crippen LogP) is 2.59. The molecule has 1 aromatic carbocycles. The maximum absolute atomic E-state index is 13.7. The molecule has 35 heavy (non-hydrogen) atoms. The lowest BCUT2D eigenvalue weighted by Gasteiger charge is -2.34. The molecular weight excluding hydrogens is 466 g/mol. The Morgan fingerprint density at radius 1 is 1.23 bits per heavy atom. The highest BCUT2D eigenvalue weighted by Crippen LogP contribution is 2.55. The molecule has 1 aromatic rings. The van der Waals surface area contributed by atoms with Gasteiger partial charge in [0.25, 0.3) is 0 Å². The van der Waals surface area contributed by atoms with Crippen molar-refractivity contribution in [1.29, 1.82) is 0 Å². The molecule has 0 radical (unpaired) electrons. The van der Waals surface area contributed by atoms with E-state index >= 15 is 0 Å². The fraction of sp³-hybridized carbons (Fsp3) is 0.577. The van der Waals surface area contributed by atoms with Crippen LogP contribution in [0.3, 0.4) is 0 Å². The van der Waals surface area contributed by atoms with Gasteiger partial charge in [0.05, 0.1) is 24.5 Å². The van der Waals surface area contributed by atoms with E-state index in [1.807, 2.05) is 42.7 Å². The number of benzene rings is 1. The minimum absolute atomic E-state index is 0.108. The van der Waals surface area contributed by atoms with Gasteiger partial charge in [-0.1, -0.05) is 37.5 Å². The van der Waals surface area contributed by atoms with E-state index in [0.29, 0.717) is 12.3 Å². The van der Waals surface area contributed by atoms with Crippen molar-refractivity contribution in [2.75, 3.05) is 31.8 Å². The van der Waals surface area contributed by atoms with Crippen molar-refractivity contribution >= 4 is 35.2 Å². The summed E-state index contributed by atoms with van der Waals surface area (Å²) in [5.41, 5.74) is -0.465. The van der Waals surface area contributed by atoms with E-state index in [0.717, 1.165) is 30.6 Å². The summed E-state index contributed by atoms with van der Waals surface area (Å²) in [7, 11) is 1.57. The van der Waals surface area contributed by atoms with Gasteiger partial charge in [0, 0.05) is 30.3 Å². The fourth-order valence-corrected chi connectivity index (χ4v) is 6.61. The molecule has 5 atom stereocenters. The average molecular weight is 500 g/mol. The Morgan fingerprint density at radius 2 is 2.03 bits per heavy atom. The molecule has 1 spiro atoms. The van der Waals surface area contributed by atoms with Crippen LogP contribution in [0.5, 0.6) is 0 Å². The number of fused-ring (bicyclic) bond motifs is 1. The number of hydrogen-bond donors (Lipinski definition) is 2. The molecular formula is C26H33N3O5S. The third-order valence-electron chi connectivity index (χ3n) is 7.75. The Hall–Kier alpha value is -2.36. The number of methoxy groups -OCH3 is 1. The Balaban J connectivity index is 1.41. The van der Waals surface area contributed by atoms with Crippen LogP contribution in [0.1, 0.15) is 32.1 Å². The molecule has 1 saturated carbocycles. The number of thioether (sulfide) groups is 1. The molecule has 4 aliphatic rings. The lowest BCUT2D eigenvalue weighted by molar-refractivity contribution is -0.142. The van der Waals surface area contributed by atoms with Crippen molar-refractivity contribution in [2.24, 2.45) is 11.8 Å². The molecule has 2 saturated heterocycles. The summed E-state index contributed by atoms with van der Waals surface area (Å²) in [5, 5.41) is 6.16. The van der Waals surface area contributed by atoms with Gasteiger partial charge in [0.2, 0.25) is 17.7 Å². The first-order valence-corrected chi connectivity index (χ1v) is 13.6. The first kappa shape index (κ1) is 24.3. The van der Waals surface area contributed by atoms with Crippen molar-refractivity contribution in [2.45, 2.75) is 60.8 Å². The van der Waals surface area contributed by atoms with Gasteiger partial charge in [-0.3, -0.25) is 14.4 Å². The molecule has 8 nitrogen and oxygen atoms in total. The van der Waals surface area contributed by atoms with Gasteiger partial charge in [-0.05, 0) is 37.3 Å². The van der Waals surface area contributed by atoms with E-state index in [2.05, 4.69) is 10.6 Å². The average Bonchev–Trinajstić information content (AvgIpc) is 3.50. The molecule has 5 rings (SSSR count). The zero-order valence-electron chi connectivity index (χ0n) is 20.2. The van der Waals surface area contributed by atoms with Crippen molar-refractivity contribution in [3.05, 3.63) is 36.4 Å². The molecule has 2 N–H and O–H groups in total. The highest BCUT2D eigenvalue weighted by molar-refractivity contribution is 7.98. The SMILES string of the molecule is COCCN1C(=O)[C@H]2[C@H](C(=O)Nc3cccc(SC)c3)[C@H]3C=C[C@@]2(O3)[C@H]1C(=O)NC1CCCCC1. The number of carbonyl (C=O) groups is 3. The number of likely N-dealkylation sites (tertiary alicyclic amines) is 1. The standard InChI is InChI=1S/C26H33N3O5S/c1-33-14-13-29-22(24(31)27-16-7-4-3-5-8-16)26-12-11-19(34-26)20(21(26)25(29)32)23(30)28-17-9-6-10-18(15-17)35-2/h6,9-12,15-16,19-22H,3-5,7-8,13-14H2,1-2H3,(H,27,31)(H,28,30)/t19-,20-,21-,22-,26+/m1/s1. The molecule has 0 aromatic heterocycles.